The topological polar surface area (TPSA) is 43.4 Å². The molecule has 0 aliphatic heterocycles. The first-order chi connectivity index (χ1) is 9.47. The molecule has 0 saturated carbocycles. The van der Waals surface area contributed by atoms with Crippen LogP contribution in [0.2, 0.25) is 4.34 Å². The molecular formula is C15H13ClO3S. The van der Waals surface area contributed by atoms with Crippen LogP contribution in [0.15, 0.2) is 30.3 Å². The number of ether oxygens (including phenoxy) is 1. The van der Waals surface area contributed by atoms with Gasteiger partial charge in [-0.2, -0.15) is 0 Å². The maximum atomic E-state index is 12.0. The lowest BCUT2D eigenvalue weighted by molar-refractivity contribution is 0.0475. The molecule has 0 aliphatic carbocycles. The van der Waals surface area contributed by atoms with Crippen LogP contribution < -0.4 is 0 Å². The van der Waals surface area contributed by atoms with E-state index in [1.54, 1.807) is 18.2 Å². The number of esters is 1. The first-order valence-electron chi connectivity index (χ1n) is 6.00. The first kappa shape index (κ1) is 14.8. The highest BCUT2D eigenvalue weighted by molar-refractivity contribution is 7.18. The maximum absolute atomic E-state index is 12.0. The van der Waals surface area contributed by atoms with Crippen LogP contribution in [0.3, 0.4) is 0 Å². The Hall–Kier alpha value is -1.65. The molecule has 0 aliphatic rings. The van der Waals surface area contributed by atoms with Gasteiger partial charge in [0.25, 0.3) is 0 Å². The number of ketones is 1. The highest BCUT2D eigenvalue weighted by Gasteiger charge is 2.15. The van der Waals surface area contributed by atoms with Gasteiger partial charge in [0.2, 0.25) is 5.78 Å². The molecule has 20 heavy (non-hydrogen) atoms. The number of Topliss-reactive ketones (excluding diaryl/α,β-unsaturated/α-hetero) is 1. The molecule has 5 heteroatoms. The van der Waals surface area contributed by atoms with Crippen molar-refractivity contribution in [2.45, 2.75) is 13.8 Å². The van der Waals surface area contributed by atoms with Crippen molar-refractivity contribution in [3.8, 4) is 0 Å². The Bertz CT molecular complexity index is 661. The fourth-order valence-electron chi connectivity index (χ4n) is 1.70. The van der Waals surface area contributed by atoms with Gasteiger partial charge < -0.3 is 4.74 Å². The van der Waals surface area contributed by atoms with Crippen molar-refractivity contribution in [1.82, 2.24) is 0 Å². The van der Waals surface area contributed by atoms with E-state index >= 15 is 0 Å². The second kappa shape index (κ2) is 6.20. The molecule has 0 radical (unpaired) electrons. The molecule has 104 valence electrons. The molecule has 1 heterocycles. The predicted molar refractivity (Wildman–Crippen MR) is 79.9 cm³/mol. The van der Waals surface area contributed by atoms with E-state index in [1.165, 1.54) is 11.3 Å². The zero-order valence-electron chi connectivity index (χ0n) is 11.1. The summed E-state index contributed by atoms with van der Waals surface area (Å²) in [5, 5.41) is 0. The number of carbonyl (C=O) groups excluding carboxylic acids is 2. The van der Waals surface area contributed by atoms with Crippen LogP contribution in [0.1, 0.15) is 31.2 Å². The molecule has 0 amide bonds. The Balaban J connectivity index is 2.02. The van der Waals surface area contributed by atoms with Crippen molar-refractivity contribution in [2.75, 3.05) is 6.61 Å². The van der Waals surface area contributed by atoms with Gasteiger partial charge in [-0.15, -0.1) is 11.3 Å². The molecule has 0 bridgehead atoms. The van der Waals surface area contributed by atoms with Crippen LogP contribution in [-0.4, -0.2) is 18.4 Å². The van der Waals surface area contributed by atoms with Crippen LogP contribution >= 0.6 is 22.9 Å². The van der Waals surface area contributed by atoms with Crippen molar-refractivity contribution in [3.63, 3.8) is 0 Å². The van der Waals surface area contributed by atoms with Gasteiger partial charge in [-0.3, -0.25) is 4.79 Å². The van der Waals surface area contributed by atoms with Gasteiger partial charge in [0.15, 0.2) is 6.61 Å². The molecule has 1 aromatic heterocycles. The predicted octanol–water partition coefficient (Wildman–Crippen LogP) is 4.06. The number of carbonyl (C=O) groups is 2. The lowest BCUT2D eigenvalue weighted by Crippen LogP contribution is -2.14. The molecule has 1 aromatic carbocycles. The smallest absolute Gasteiger partial charge is 0.338 e. The first-order valence-corrected chi connectivity index (χ1v) is 7.20. The number of benzene rings is 1. The number of thiophene rings is 1. The summed E-state index contributed by atoms with van der Waals surface area (Å²) in [6.45, 7) is 3.45. The van der Waals surface area contributed by atoms with Crippen molar-refractivity contribution < 1.29 is 14.3 Å². The van der Waals surface area contributed by atoms with Crippen LogP contribution in [0.25, 0.3) is 0 Å². The zero-order chi connectivity index (χ0) is 14.7. The summed E-state index contributed by atoms with van der Waals surface area (Å²) in [6.07, 6.45) is 0. The molecule has 0 N–H and O–H groups in total. The van der Waals surface area contributed by atoms with E-state index in [9.17, 15) is 9.59 Å². The summed E-state index contributed by atoms with van der Waals surface area (Å²) in [5.74, 6) is -0.734. The van der Waals surface area contributed by atoms with Gasteiger partial charge in [-0.25, -0.2) is 4.79 Å². The number of halogens is 1. The minimum Gasteiger partial charge on any atom is -0.454 e. The fourth-order valence-corrected chi connectivity index (χ4v) is 2.67. The Kier molecular flexibility index (Phi) is 4.57. The Morgan fingerprint density at radius 1 is 1.20 bits per heavy atom. The molecule has 0 atom stereocenters. The third-order valence-corrected chi connectivity index (χ3v) is 4.07. The molecule has 0 saturated heterocycles. The summed E-state index contributed by atoms with van der Waals surface area (Å²) in [4.78, 5) is 24.3. The SMILES string of the molecule is Cc1ccc(C)c(C(=O)OCC(=O)c2ccc(Cl)s2)c1. The lowest BCUT2D eigenvalue weighted by Gasteiger charge is -2.07. The summed E-state index contributed by atoms with van der Waals surface area (Å²) >= 11 is 6.93. The van der Waals surface area contributed by atoms with Gasteiger partial charge in [0.1, 0.15) is 0 Å². The number of hydrogen-bond acceptors (Lipinski definition) is 4. The minimum absolute atomic E-state index is 0.249. The summed E-state index contributed by atoms with van der Waals surface area (Å²) in [6, 6.07) is 8.80. The van der Waals surface area contributed by atoms with Crippen molar-refractivity contribution >= 4 is 34.7 Å². The Labute approximate surface area is 126 Å². The number of hydrogen-bond donors (Lipinski definition) is 0. The third-order valence-electron chi connectivity index (χ3n) is 2.80. The van der Waals surface area contributed by atoms with E-state index in [2.05, 4.69) is 0 Å². The highest BCUT2D eigenvalue weighted by Crippen LogP contribution is 2.22. The minimum atomic E-state index is -0.484. The Morgan fingerprint density at radius 3 is 2.60 bits per heavy atom. The summed E-state index contributed by atoms with van der Waals surface area (Å²) in [7, 11) is 0. The van der Waals surface area contributed by atoms with Crippen LogP contribution in [-0.2, 0) is 4.74 Å². The van der Waals surface area contributed by atoms with Gasteiger partial charge in [0, 0.05) is 0 Å². The fraction of sp³-hybridized carbons (Fsp3) is 0.200. The van der Waals surface area contributed by atoms with Crippen LogP contribution in [0.4, 0.5) is 0 Å². The quantitative estimate of drug-likeness (QED) is 0.632. The number of rotatable bonds is 4. The zero-order valence-corrected chi connectivity index (χ0v) is 12.7. The van der Waals surface area contributed by atoms with Crippen molar-refractivity contribution in [1.29, 1.82) is 0 Å². The van der Waals surface area contributed by atoms with Crippen LogP contribution in [0.5, 0.6) is 0 Å². The molecule has 0 spiro atoms. The molecular weight excluding hydrogens is 296 g/mol. The van der Waals surface area contributed by atoms with E-state index in [0.29, 0.717) is 14.8 Å². The molecule has 3 nitrogen and oxygen atoms in total. The van der Waals surface area contributed by atoms with Crippen molar-refractivity contribution in [2.24, 2.45) is 0 Å². The molecule has 0 fully saturated rings. The maximum Gasteiger partial charge on any atom is 0.338 e. The van der Waals surface area contributed by atoms with E-state index < -0.39 is 5.97 Å². The normalized spacial score (nSPS) is 10.3. The largest absolute Gasteiger partial charge is 0.454 e. The average molecular weight is 309 g/mol. The van der Waals surface area contributed by atoms with Crippen molar-refractivity contribution in [3.05, 3.63) is 56.2 Å². The monoisotopic (exact) mass is 308 g/mol. The summed E-state index contributed by atoms with van der Waals surface area (Å²) in [5.41, 5.74) is 2.29. The van der Waals surface area contributed by atoms with Crippen LogP contribution in [0, 0.1) is 13.8 Å². The third kappa shape index (κ3) is 3.46. The van der Waals surface area contributed by atoms with E-state index in [1.807, 2.05) is 26.0 Å². The average Bonchev–Trinajstić information content (AvgIpc) is 2.85. The van der Waals surface area contributed by atoms with E-state index in [4.69, 9.17) is 16.3 Å². The highest BCUT2D eigenvalue weighted by atomic mass is 35.5. The summed E-state index contributed by atoms with van der Waals surface area (Å²) < 4.78 is 5.60. The Morgan fingerprint density at radius 2 is 1.95 bits per heavy atom. The second-order valence-electron chi connectivity index (χ2n) is 4.42. The van der Waals surface area contributed by atoms with E-state index in [-0.39, 0.29) is 12.4 Å². The molecule has 2 rings (SSSR count). The standard InChI is InChI=1S/C15H13ClO3S/c1-9-3-4-10(2)11(7-9)15(18)19-8-12(17)13-5-6-14(16)20-13/h3-7H,8H2,1-2H3. The van der Waals surface area contributed by atoms with Gasteiger partial charge >= 0.3 is 5.97 Å². The number of aryl methyl sites for hydroxylation is 2. The lowest BCUT2D eigenvalue weighted by atomic mass is 10.1. The van der Waals surface area contributed by atoms with Gasteiger partial charge in [-0.05, 0) is 37.6 Å². The van der Waals surface area contributed by atoms with E-state index in [0.717, 1.165) is 11.1 Å². The molecule has 0 unspecified atom stereocenters. The van der Waals surface area contributed by atoms with Gasteiger partial charge in [-0.1, -0.05) is 29.3 Å². The molecule has 2 aromatic rings. The second-order valence-corrected chi connectivity index (χ2v) is 6.14. The van der Waals surface area contributed by atoms with Gasteiger partial charge in [0.05, 0.1) is 14.8 Å².